The molecule has 0 radical (unpaired) electrons. The number of carbonyl (C=O) groups is 2. The van der Waals surface area contributed by atoms with E-state index in [2.05, 4.69) is 5.32 Å². The number of amides is 2. The summed E-state index contributed by atoms with van der Waals surface area (Å²) in [6.45, 7) is 2.66. The van der Waals surface area contributed by atoms with E-state index in [-0.39, 0.29) is 23.9 Å². The van der Waals surface area contributed by atoms with Crippen molar-refractivity contribution in [2.75, 3.05) is 31.6 Å². The van der Waals surface area contributed by atoms with Crippen LogP contribution in [0.5, 0.6) is 0 Å². The van der Waals surface area contributed by atoms with Crippen molar-refractivity contribution in [3.05, 3.63) is 54.0 Å². The first-order valence-corrected chi connectivity index (χ1v) is 9.18. The van der Waals surface area contributed by atoms with E-state index in [4.69, 9.17) is 13.9 Å². The van der Waals surface area contributed by atoms with Gasteiger partial charge in [0.25, 0.3) is 11.8 Å². The number of rotatable bonds is 4. The molecule has 2 fully saturated rings. The molecule has 2 aliphatic rings. The third-order valence-corrected chi connectivity index (χ3v) is 4.97. The molecule has 0 spiro atoms. The predicted octanol–water partition coefficient (Wildman–Crippen LogP) is 2.76. The zero-order chi connectivity index (χ0) is 18.6. The number of nitrogens with zero attached hydrogens (tertiary/aromatic N) is 1. The van der Waals surface area contributed by atoms with Gasteiger partial charge >= 0.3 is 0 Å². The molecule has 0 aliphatic carbocycles. The van der Waals surface area contributed by atoms with E-state index < -0.39 is 0 Å². The van der Waals surface area contributed by atoms with Gasteiger partial charge in [0.15, 0.2) is 12.1 Å². The van der Waals surface area contributed by atoms with Gasteiger partial charge < -0.3 is 24.1 Å². The van der Waals surface area contributed by atoms with Crippen molar-refractivity contribution in [2.45, 2.75) is 19.1 Å². The standard InChI is InChI=1S/C20H22N2O5/c23-18(17-5-2-10-25-17)21-16-4-1-3-15(13-16)19(24)22-8-6-14(7-9-22)20-26-11-12-27-20/h1-5,10,13-14,20H,6-9,11-12H2,(H,21,23). The monoisotopic (exact) mass is 370 g/mol. The van der Waals surface area contributed by atoms with Crippen LogP contribution in [0.15, 0.2) is 47.1 Å². The molecule has 0 atom stereocenters. The second kappa shape index (κ2) is 7.94. The summed E-state index contributed by atoms with van der Waals surface area (Å²) in [6, 6.07) is 10.2. The van der Waals surface area contributed by atoms with Crippen molar-refractivity contribution >= 4 is 17.5 Å². The molecule has 0 bridgehead atoms. The molecule has 2 aromatic rings. The van der Waals surface area contributed by atoms with E-state index in [1.54, 1.807) is 36.4 Å². The van der Waals surface area contributed by atoms with Crippen LogP contribution >= 0.6 is 0 Å². The first kappa shape index (κ1) is 17.8. The zero-order valence-electron chi connectivity index (χ0n) is 14.9. The summed E-state index contributed by atoms with van der Waals surface area (Å²) < 4.78 is 16.3. The highest BCUT2D eigenvalue weighted by atomic mass is 16.7. The lowest BCUT2D eigenvalue weighted by Gasteiger charge is -2.34. The summed E-state index contributed by atoms with van der Waals surface area (Å²) >= 11 is 0. The third kappa shape index (κ3) is 4.04. The topological polar surface area (TPSA) is 81.0 Å². The average Bonchev–Trinajstić information content (AvgIpc) is 3.42. The summed E-state index contributed by atoms with van der Waals surface area (Å²) in [5.74, 6) is 0.193. The largest absolute Gasteiger partial charge is 0.459 e. The highest BCUT2D eigenvalue weighted by Crippen LogP contribution is 2.27. The summed E-state index contributed by atoms with van der Waals surface area (Å²) in [5, 5.41) is 2.75. The van der Waals surface area contributed by atoms with Gasteiger partial charge in [-0.05, 0) is 43.2 Å². The highest BCUT2D eigenvalue weighted by molar-refractivity contribution is 6.03. The number of furan rings is 1. The van der Waals surface area contributed by atoms with E-state index in [0.717, 1.165) is 12.8 Å². The van der Waals surface area contributed by atoms with E-state index in [1.165, 1.54) is 6.26 Å². The third-order valence-electron chi connectivity index (χ3n) is 4.97. The van der Waals surface area contributed by atoms with Gasteiger partial charge in [-0.15, -0.1) is 0 Å². The van der Waals surface area contributed by atoms with Crippen molar-refractivity contribution < 1.29 is 23.5 Å². The number of anilines is 1. The molecule has 2 saturated heterocycles. The first-order valence-electron chi connectivity index (χ1n) is 9.18. The predicted molar refractivity (Wildman–Crippen MR) is 97.4 cm³/mol. The number of likely N-dealkylation sites (tertiary alicyclic amines) is 1. The number of hydrogen-bond acceptors (Lipinski definition) is 5. The van der Waals surface area contributed by atoms with Crippen LogP contribution < -0.4 is 5.32 Å². The highest BCUT2D eigenvalue weighted by Gasteiger charge is 2.32. The van der Waals surface area contributed by atoms with Crippen molar-refractivity contribution in [1.29, 1.82) is 0 Å². The van der Waals surface area contributed by atoms with Crippen molar-refractivity contribution in [3.8, 4) is 0 Å². The summed E-state index contributed by atoms with van der Waals surface area (Å²) in [5.41, 5.74) is 1.11. The Kier molecular flexibility index (Phi) is 5.22. The van der Waals surface area contributed by atoms with Crippen molar-refractivity contribution in [2.24, 2.45) is 5.92 Å². The number of benzene rings is 1. The van der Waals surface area contributed by atoms with Gasteiger partial charge in [0, 0.05) is 30.3 Å². The molecule has 7 heteroatoms. The minimum atomic E-state index is -0.345. The molecule has 1 aromatic carbocycles. The fourth-order valence-corrected chi connectivity index (χ4v) is 3.54. The first-order chi connectivity index (χ1) is 13.2. The Morgan fingerprint density at radius 2 is 1.81 bits per heavy atom. The number of nitrogens with one attached hydrogen (secondary N) is 1. The summed E-state index contributed by atoms with van der Waals surface area (Å²) in [7, 11) is 0. The van der Waals surface area contributed by atoms with Gasteiger partial charge in [-0.3, -0.25) is 9.59 Å². The van der Waals surface area contributed by atoms with Crippen LogP contribution in [-0.2, 0) is 9.47 Å². The molecule has 0 saturated carbocycles. The molecular formula is C20H22N2O5. The van der Waals surface area contributed by atoms with Crippen LogP contribution in [0.25, 0.3) is 0 Å². The fraction of sp³-hybridized carbons (Fsp3) is 0.400. The van der Waals surface area contributed by atoms with Crippen LogP contribution in [0.3, 0.4) is 0 Å². The zero-order valence-corrected chi connectivity index (χ0v) is 14.9. The van der Waals surface area contributed by atoms with E-state index in [0.29, 0.717) is 43.5 Å². The summed E-state index contributed by atoms with van der Waals surface area (Å²) in [4.78, 5) is 26.8. The molecule has 0 unspecified atom stereocenters. The Labute approximate surface area is 157 Å². The van der Waals surface area contributed by atoms with Crippen LogP contribution in [0.4, 0.5) is 5.69 Å². The molecular weight excluding hydrogens is 348 g/mol. The minimum Gasteiger partial charge on any atom is -0.459 e. The van der Waals surface area contributed by atoms with Gasteiger partial charge in [-0.25, -0.2) is 0 Å². The number of hydrogen-bond donors (Lipinski definition) is 1. The molecule has 27 heavy (non-hydrogen) atoms. The van der Waals surface area contributed by atoms with Crippen LogP contribution in [0.1, 0.15) is 33.8 Å². The number of piperidine rings is 1. The van der Waals surface area contributed by atoms with E-state index >= 15 is 0 Å². The smallest absolute Gasteiger partial charge is 0.291 e. The molecule has 142 valence electrons. The SMILES string of the molecule is O=C(Nc1cccc(C(=O)N2CCC(C3OCCO3)CC2)c1)c1ccco1. The van der Waals surface area contributed by atoms with Gasteiger partial charge in [0.2, 0.25) is 0 Å². The van der Waals surface area contributed by atoms with Crippen molar-refractivity contribution in [1.82, 2.24) is 4.90 Å². The Morgan fingerprint density at radius 1 is 1.04 bits per heavy atom. The molecule has 3 heterocycles. The van der Waals surface area contributed by atoms with Crippen molar-refractivity contribution in [3.63, 3.8) is 0 Å². The summed E-state index contributed by atoms with van der Waals surface area (Å²) in [6.07, 6.45) is 3.05. The number of carbonyl (C=O) groups excluding carboxylic acids is 2. The van der Waals surface area contributed by atoms with E-state index in [1.807, 2.05) is 4.90 Å². The lowest BCUT2D eigenvalue weighted by Crippen LogP contribution is -2.41. The molecule has 1 N–H and O–H groups in total. The van der Waals surface area contributed by atoms with Crippen LogP contribution in [-0.4, -0.2) is 49.3 Å². The van der Waals surface area contributed by atoms with Gasteiger partial charge in [0.05, 0.1) is 19.5 Å². The van der Waals surface area contributed by atoms with E-state index in [9.17, 15) is 9.59 Å². The lowest BCUT2D eigenvalue weighted by atomic mass is 9.95. The second-order valence-electron chi connectivity index (χ2n) is 6.75. The molecule has 2 aliphatic heterocycles. The fourth-order valence-electron chi connectivity index (χ4n) is 3.54. The maximum Gasteiger partial charge on any atom is 0.291 e. The Morgan fingerprint density at radius 3 is 2.52 bits per heavy atom. The Bertz CT molecular complexity index is 790. The second-order valence-corrected chi connectivity index (χ2v) is 6.75. The lowest BCUT2D eigenvalue weighted by molar-refractivity contribution is -0.0956. The normalized spacial score (nSPS) is 18.6. The average molecular weight is 370 g/mol. The van der Waals surface area contributed by atoms with Gasteiger partial charge in [-0.2, -0.15) is 0 Å². The maximum absolute atomic E-state index is 12.8. The van der Waals surface area contributed by atoms with Crippen LogP contribution in [0, 0.1) is 5.92 Å². The van der Waals surface area contributed by atoms with Gasteiger partial charge in [-0.1, -0.05) is 6.07 Å². The number of ether oxygens (including phenoxy) is 2. The van der Waals surface area contributed by atoms with Gasteiger partial charge in [0.1, 0.15) is 0 Å². The molecule has 4 rings (SSSR count). The quantitative estimate of drug-likeness (QED) is 0.895. The Balaban J connectivity index is 1.37. The molecule has 7 nitrogen and oxygen atoms in total. The maximum atomic E-state index is 12.8. The molecule has 2 amide bonds. The van der Waals surface area contributed by atoms with Crippen LogP contribution in [0.2, 0.25) is 0 Å². The minimum absolute atomic E-state index is 0.0317. The molecule has 1 aromatic heterocycles. The Hall–Kier alpha value is -2.64.